The van der Waals surface area contributed by atoms with Crippen LogP contribution in [0.5, 0.6) is 0 Å². The van der Waals surface area contributed by atoms with Crippen LogP contribution < -0.4 is 5.32 Å². The SMILES string of the molecule is CCOC(=O)C(COCCCOC)(NC(C)C)C1CC1. The van der Waals surface area contributed by atoms with E-state index in [0.29, 0.717) is 32.3 Å². The van der Waals surface area contributed by atoms with Gasteiger partial charge in [0.2, 0.25) is 0 Å². The van der Waals surface area contributed by atoms with E-state index >= 15 is 0 Å². The molecule has 0 amide bonds. The summed E-state index contributed by atoms with van der Waals surface area (Å²) in [6.45, 7) is 7.97. The molecular weight excluding hydrogens is 258 g/mol. The van der Waals surface area contributed by atoms with Crippen molar-refractivity contribution in [2.75, 3.05) is 33.5 Å². The predicted octanol–water partition coefficient (Wildman–Crippen LogP) is 1.75. The number of hydrogen-bond acceptors (Lipinski definition) is 5. The largest absolute Gasteiger partial charge is 0.465 e. The van der Waals surface area contributed by atoms with Crippen LogP contribution in [-0.4, -0.2) is 51.1 Å². The van der Waals surface area contributed by atoms with Crippen molar-refractivity contribution >= 4 is 5.97 Å². The van der Waals surface area contributed by atoms with Gasteiger partial charge in [-0.2, -0.15) is 0 Å². The first-order valence-corrected chi connectivity index (χ1v) is 7.58. The molecule has 0 aliphatic heterocycles. The third kappa shape index (κ3) is 5.04. The molecule has 5 nitrogen and oxygen atoms in total. The summed E-state index contributed by atoms with van der Waals surface area (Å²) in [7, 11) is 1.67. The van der Waals surface area contributed by atoms with Crippen LogP contribution in [0, 0.1) is 5.92 Å². The average molecular weight is 287 g/mol. The van der Waals surface area contributed by atoms with Crippen molar-refractivity contribution < 1.29 is 19.0 Å². The first kappa shape index (κ1) is 17.4. The van der Waals surface area contributed by atoms with Gasteiger partial charge < -0.3 is 14.2 Å². The normalized spacial score (nSPS) is 18.1. The standard InChI is InChI=1S/C15H29NO4/c1-5-20-14(17)15(13-7-8-13,16-12(2)3)11-19-10-6-9-18-4/h12-13,16H,5-11H2,1-4H3. The summed E-state index contributed by atoms with van der Waals surface area (Å²) in [6.07, 6.45) is 2.95. The molecule has 0 bridgehead atoms. The van der Waals surface area contributed by atoms with Crippen molar-refractivity contribution in [3.63, 3.8) is 0 Å². The highest BCUT2D eigenvalue weighted by atomic mass is 16.5. The lowest BCUT2D eigenvalue weighted by Crippen LogP contribution is -2.60. The molecule has 0 aromatic heterocycles. The van der Waals surface area contributed by atoms with E-state index in [0.717, 1.165) is 19.3 Å². The Morgan fingerprint density at radius 2 is 2.05 bits per heavy atom. The summed E-state index contributed by atoms with van der Waals surface area (Å²) in [5.41, 5.74) is -0.683. The van der Waals surface area contributed by atoms with Crippen molar-refractivity contribution in [2.45, 2.75) is 51.6 Å². The summed E-state index contributed by atoms with van der Waals surface area (Å²) < 4.78 is 16.0. The zero-order valence-electron chi connectivity index (χ0n) is 13.2. The van der Waals surface area contributed by atoms with Crippen LogP contribution in [0.3, 0.4) is 0 Å². The predicted molar refractivity (Wildman–Crippen MR) is 77.7 cm³/mol. The number of rotatable bonds is 11. The maximum Gasteiger partial charge on any atom is 0.329 e. The topological polar surface area (TPSA) is 56.8 Å². The summed E-state index contributed by atoms with van der Waals surface area (Å²) in [5.74, 6) is 0.148. The van der Waals surface area contributed by atoms with Gasteiger partial charge in [-0.05, 0) is 46.0 Å². The van der Waals surface area contributed by atoms with Gasteiger partial charge >= 0.3 is 5.97 Å². The highest BCUT2D eigenvalue weighted by Gasteiger charge is 2.52. The van der Waals surface area contributed by atoms with Gasteiger partial charge in [-0.1, -0.05) is 0 Å². The van der Waals surface area contributed by atoms with Gasteiger partial charge in [0.25, 0.3) is 0 Å². The molecule has 1 aliphatic carbocycles. The second-order valence-corrected chi connectivity index (χ2v) is 5.66. The monoisotopic (exact) mass is 287 g/mol. The van der Waals surface area contributed by atoms with Crippen LogP contribution >= 0.6 is 0 Å². The highest BCUT2D eigenvalue weighted by Crippen LogP contribution is 2.41. The summed E-state index contributed by atoms with van der Waals surface area (Å²) >= 11 is 0. The molecule has 1 saturated carbocycles. The number of carbonyl (C=O) groups excluding carboxylic acids is 1. The Morgan fingerprint density at radius 3 is 2.55 bits per heavy atom. The Balaban J connectivity index is 2.63. The first-order valence-electron chi connectivity index (χ1n) is 7.58. The van der Waals surface area contributed by atoms with Crippen LogP contribution in [0.1, 0.15) is 40.0 Å². The smallest absolute Gasteiger partial charge is 0.329 e. The van der Waals surface area contributed by atoms with Crippen LogP contribution in [0.25, 0.3) is 0 Å². The third-order valence-electron chi connectivity index (χ3n) is 3.43. The van der Waals surface area contributed by atoms with Crippen molar-refractivity contribution in [1.82, 2.24) is 5.32 Å². The molecule has 0 aromatic rings. The maximum absolute atomic E-state index is 12.4. The summed E-state index contributed by atoms with van der Waals surface area (Å²) in [6, 6.07) is 0.211. The first-order chi connectivity index (χ1) is 9.56. The Bertz CT molecular complexity index is 292. The minimum atomic E-state index is -0.683. The molecule has 1 aliphatic rings. The molecule has 118 valence electrons. The second kappa shape index (κ2) is 8.60. The van der Waals surface area contributed by atoms with Crippen LogP contribution in [0.2, 0.25) is 0 Å². The quantitative estimate of drug-likeness (QED) is 0.463. The van der Waals surface area contributed by atoms with Gasteiger partial charge in [-0.3, -0.25) is 5.32 Å². The number of methoxy groups -OCH3 is 1. The molecule has 0 aromatic carbocycles. The van der Waals surface area contributed by atoms with E-state index in [-0.39, 0.29) is 12.0 Å². The van der Waals surface area contributed by atoms with E-state index in [1.807, 2.05) is 20.8 Å². The van der Waals surface area contributed by atoms with Gasteiger partial charge in [0.05, 0.1) is 13.2 Å². The maximum atomic E-state index is 12.4. The molecule has 0 radical (unpaired) electrons. The lowest BCUT2D eigenvalue weighted by molar-refractivity contribution is -0.156. The zero-order valence-corrected chi connectivity index (χ0v) is 13.2. The third-order valence-corrected chi connectivity index (χ3v) is 3.43. The molecule has 1 rings (SSSR count). The Labute approximate surface area is 122 Å². The Morgan fingerprint density at radius 1 is 1.35 bits per heavy atom. The fraction of sp³-hybridized carbons (Fsp3) is 0.933. The van der Waals surface area contributed by atoms with Crippen molar-refractivity contribution in [1.29, 1.82) is 0 Å². The lowest BCUT2D eigenvalue weighted by Gasteiger charge is -2.34. The van der Waals surface area contributed by atoms with E-state index < -0.39 is 5.54 Å². The van der Waals surface area contributed by atoms with Crippen molar-refractivity contribution in [2.24, 2.45) is 5.92 Å². The fourth-order valence-corrected chi connectivity index (χ4v) is 2.45. The Kier molecular flexibility index (Phi) is 7.48. The molecular formula is C15H29NO4. The number of carbonyl (C=O) groups is 1. The van der Waals surface area contributed by atoms with Crippen LogP contribution in [-0.2, 0) is 19.0 Å². The molecule has 5 heteroatoms. The van der Waals surface area contributed by atoms with E-state index in [1.165, 1.54) is 0 Å². The molecule has 0 heterocycles. The number of hydrogen-bond donors (Lipinski definition) is 1. The minimum Gasteiger partial charge on any atom is -0.465 e. The summed E-state index contributed by atoms with van der Waals surface area (Å²) in [4.78, 5) is 12.4. The van der Waals surface area contributed by atoms with Gasteiger partial charge in [-0.15, -0.1) is 0 Å². The van der Waals surface area contributed by atoms with E-state index in [2.05, 4.69) is 5.32 Å². The molecule has 1 unspecified atom stereocenters. The second-order valence-electron chi connectivity index (χ2n) is 5.66. The van der Waals surface area contributed by atoms with Gasteiger partial charge in [-0.25, -0.2) is 4.79 Å². The van der Waals surface area contributed by atoms with Crippen molar-refractivity contribution in [3.8, 4) is 0 Å². The van der Waals surface area contributed by atoms with E-state index in [9.17, 15) is 4.79 Å². The van der Waals surface area contributed by atoms with Crippen molar-refractivity contribution in [3.05, 3.63) is 0 Å². The number of esters is 1. The zero-order chi connectivity index (χ0) is 15.0. The molecule has 0 saturated heterocycles. The Hall–Kier alpha value is -0.650. The molecule has 1 N–H and O–H groups in total. The lowest BCUT2D eigenvalue weighted by atomic mass is 9.93. The van der Waals surface area contributed by atoms with Crippen LogP contribution in [0.15, 0.2) is 0 Å². The number of ether oxygens (including phenoxy) is 3. The molecule has 0 spiro atoms. The molecule has 1 fully saturated rings. The highest BCUT2D eigenvalue weighted by molar-refractivity contribution is 5.82. The fourth-order valence-electron chi connectivity index (χ4n) is 2.45. The average Bonchev–Trinajstić information content (AvgIpc) is 3.21. The number of nitrogens with one attached hydrogen (secondary N) is 1. The minimum absolute atomic E-state index is 0.178. The van der Waals surface area contributed by atoms with Gasteiger partial charge in [0.1, 0.15) is 5.54 Å². The summed E-state index contributed by atoms with van der Waals surface area (Å²) in [5, 5.41) is 3.40. The van der Waals surface area contributed by atoms with E-state index in [4.69, 9.17) is 14.2 Å². The van der Waals surface area contributed by atoms with Gasteiger partial charge in [0.15, 0.2) is 0 Å². The van der Waals surface area contributed by atoms with Crippen LogP contribution in [0.4, 0.5) is 0 Å². The molecule has 1 atom stereocenters. The molecule has 20 heavy (non-hydrogen) atoms. The van der Waals surface area contributed by atoms with Gasteiger partial charge in [0, 0.05) is 26.4 Å². The van der Waals surface area contributed by atoms with E-state index in [1.54, 1.807) is 7.11 Å².